The lowest BCUT2D eigenvalue weighted by atomic mass is 10.1. The minimum atomic E-state index is -0.551. The van der Waals surface area contributed by atoms with E-state index < -0.39 is 10.5 Å². The van der Waals surface area contributed by atoms with E-state index in [1.807, 2.05) is 24.3 Å². The number of fused-ring (bicyclic) bond motifs is 1. The highest BCUT2D eigenvalue weighted by molar-refractivity contribution is 5.79. The molecule has 9 nitrogen and oxygen atoms in total. The zero-order valence-corrected chi connectivity index (χ0v) is 14.9. The van der Waals surface area contributed by atoms with Gasteiger partial charge >= 0.3 is 0 Å². The van der Waals surface area contributed by atoms with Gasteiger partial charge in [0, 0.05) is 17.7 Å². The molecule has 0 aliphatic carbocycles. The van der Waals surface area contributed by atoms with Crippen LogP contribution in [-0.2, 0) is 13.0 Å². The average molecular weight is 377 g/mol. The van der Waals surface area contributed by atoms with Gasteiger partial charge in [-0.15, -0.1) is 0 Å². The molecule has 4 rings (SSSR count). The van der Waals surface area contributed by atoms with Crippen molar-refractivity contribution in [2.45, 2.75) is 19.9 Å². The normalized spacial score (nSPS) is 11.0. The first-order valence-corrected chi connectivity index (χ1v) is 8.60. The zero-order chi connectivity index (χ0) is 19.7. The molecule has 2 aromatic carbocycles. The van der Waals surface area contributed by atoms with Crippen molar-refractivity contribution in [3.63, 3.8) is 0 Å². The first kappa shape index (κ1) is 17.5. The van der Waals surface area contributed by atoms with Crippen molar-refractivity contribution < 1.29 is 9.45 Å². The van der Waals surface area contributed by atoms with Crippen molar-refractivity contribution >= 4 is 16.6 Å². The minimum Gasteiger partial charge on any atom is -0.337 e. The summed E-state index contributed by atoms with van der Waals surface area (Å²) in [6.45, 7) is 2.09. The van der Waals surface area contributed by atoms with Gasteiger partial charge in [0.1, 0.15) is 6.54 Å². The van der Waals surface area contributed by atoms with E-state index in [-0.39, 0.29) is 23.5 Å². The summed E-state index contributed by atoms with van der Waals surface area (Å²) in [5, 5.41) is 15.1. The van der Waals surface area contributed by atoms with E-state index in [2.05, 4.69) is 22.0 Å². The summed E-state index contributed by atoms with van der Waals surface area (Å²) in [7, 11) is 0. The average Bonchev–Trinajstić information content (AvgIpc) is 3.18. The Balaban J connectivity index is 1.64. The third-order valence-electron chi connectivity index (χ3n) is 4.41. The quantitative estimate of drug-likeness (QED) is 0.387. The Morgan fingerprint density at radius 2 is 1.96 bits per heavy atom. The van der Waals surface area contributed by atoms with Crippen molar-refractivity contribution in [3.8, 4) is 11.4 Å². The molecule has 0 radical (unpaired) electrons. The van der Waals surface area contributed by atoms with Gasteiger partial charge in [-0.3, -0.25) is 19.5 Å². The molecule has 0 aliphatic heterocycles. The third kappa shape index (κ3) is 3.25. The standard InChI is InChI=1S/C19H15N5O4/c1-2-12-3-5-13(6-4-12)18-21-17(28-22-18)10-23-11-20-16-8-7-14(24(26)27)9-15(16)19(23)25/h3-9,11H,2,10H2,1H3. The molecule has 4 aromatic rings. The fraction of sp³-hybridized carbons (Fsp3) is 0.158. The number of aryl methyl sites for hydroxylation is 1. The number of nitro benzene ring substituents is 1. The zero-order valence-electron chi connectivity index (χ0n) is 14.9. The molecule has 0 spiro atoms. The smallest absolute Gasteiger partial charge is 0.270 e. The fourth-order valence-electron chi connectivity index (χ4n) is 2.84. The molecule has 0 fully saturated rings. The van der Waals surface area contributed by atoms with Crippen molar-refractivity contribution in [1.82, 2.24) is 19.7 Å². The summed E-state index contributed by atoms with van der Waals surface area (Å²) in [4.78, 5) is 31.6. The van der Waals surface area contributed by atoms with Crippen LogP contribution in [0.4, 0.5) is 5.69 Å². The second-order valence-corrected chi connectivity index (χ2v) is 6.20. The number of benzene rings is 2. The van der Waals surface area contributed by atoms with Gasteiger partial charge in [0.25, 0.3) is 11.2 Å². The van der Waals surface area contributed by atoms with E-state index >= 15 is 0 Å². The van der Waals surface area contributed by atoms with Crippen molar-refractivity contribution in [2.75, 3.05) is 0 Å². The first-order valence-electron chi connectivity index (χ1n) is 8.60. The first-order chi connectivity index (χ1) is 13.5. The molecule has 0 bridgehead atoms. The van der Waals surface area contributed by atoms with E-state index in [9.17, 15) is 14.9 Å². The highest BCUT2D eigenvalue weighted by Crippen LogP contribution is 2.18. The van der Waals surface area contributed by atoms with Crippen LogP contribution in [0.15, 0.2) is 58.1 Å². The maximum absolute atomic E-state index is 12.7. The Morgan fingerprint density at radius 3 is 2.68 bits per heavy atom. The highest BCUT2D eigenvalue weighted by Gasteiger charge is 2.14. The summed E-state index contributed by atoms with van der Waals surface area (Å²) >= 11 is 0. The Bertz CT molecular complexity index is 1230. The molecule has 28 heavy (non-hydrogen) atoms. The largest absolute Gasteiger partial charge is 0.337 e. The predicted octanol–water partition coefficient (Wildman–Crippen LogP) is 2.97. The van der Waals surface area contributed by atoms with Crippen LogP contribution >= 0.6 is 0 Å². The summed E-state index contributed by atoms with van der Waals surface area (Å²) in [5.74, 6) is 0.665. The van der Waals surface area contributed by atoms with E-state index in [4.69, 9.17) is 4.52 Å². The molecule has 2 heterocycles. The van der Waals surface area contributed by atoms with Gasteiger partial charge in [-0.25, -0.2) is 4.98 Å². The molecule has 0 saturated heterocycles. The van der Waals surface area contributed by atoms with E-state index in [1.165, 1.54) is 34.7 Å². The topological polar surface area (TPSA) is 117 Å². The van der Waals surface area contributed by atoms with Crippen LogP contribution in [0.3, 0.4) is 0 Å². The molecular weight excluding hydrogens is 362 g/mol. The van der Waals surface area contributed by atoms with Gasteiger partial charge in [0.2, 0.25) is 11.7 Å². The SMILES string of the molecule is CCc1ccc(-c2noc(Cn3cnc4ccc([N+](=O)[O-])cc4c3=O)n2)cc1. The van der Waals surface area contributed by atoms with Gasteiger partial charge in [0.05, 0.1) is 22.2 Å². The summed E-state index contributed by atoms with van der Waals surface area (Å²) in [6, 6.07) is 11.8. The Labute approximate surface area is 158 Å². The van der Waals surface area contributed by atoms with Gasteiger partial charge in [-0.05, 0) is 18.1 Å². The van der Waals surface area contributed by atoms with Gasteiger partial charge in [-0.2, -0.15) is 4.98 Å². The van der Waals surface area contributed by atoms with Crippen molar-refractivity contribution in [2.24, 2.45) is 0 Å². The van der Waals surface area contributed by atoms with Gasteiger partial charge < -0.3 is 4.52 Å². The third-order valence-corrected chi connectivity index (χ3v) is 4.41. The number of hydrogen-bond donors (Lipinski definition) is 0. The van der Waals surface area contributed by atoms with Crippen LogP contribution in [0.25, 0.3) is 22.3 Å². The number of rotatable bonds is 5. The number of nitro groups is 1. The van der Waals surface area contributed by atoms with E-state index in [0.717, 1.165) is 12.0 Å². The molecule has 0 atom stereocenters. The van der Waals surface area contributed by atoms with Crippen molar-refractivity contribution in [3.05, 3.63) is 80.7 Å². The molecule has 2 aromatic heterocycles. The Morgan fingerprint density at radius 1 is 1.18 bits per heavy atom. The van der Waals surface area contributed by atoms with Crippen LogP contribution in [0, 0.1) is 10.1 Å². The maximum atomic E-state index is 12.7. The predicted molar refractivity (Wildman–Crippen MR) is 101 cm³/mol. The van der Waals surface area contributed by atoms with Crippen LogP contribution in [0.2, 0.25) is 0 Å². The van der Waals surface area contributed by atoms with Crippen molar-refractivity contribution in [1.29, 1.82) is 0 Å². The lowest BCUT2D eigenvalue weighted by Gasteiger charge is -2.03. The molecule has 0 N–H and O–H groups in total. The van der Waals surface area contributed by atoms with E-state index in [0.29, 0.717) is 11.3 Å². The van der Waals surface area contributed by atoms with E-state index in [1.54, 1.807) is 0 Å². The highest BCUT2D eigenvalue weighted by atomic mass is 16.6. The number of nitrogens with zero attached hydrogens (tertiary/aromatic N) is 5. The summed E-state index contributed by atoms with van der Waals surface area (Å²) < 4.78 is 6.53. The maximum Gasteiger partial charge on any atom is 0.270 e. The second-order valence-electron chi connectivity index (χ2n) is 6.20. The van der Waals surface area contributed by atoms with Crippen LogP contribution in [0.1, 0.15) is 18.4 Å². The summed E-state index contributed by atoms with van der Waals surface area (Å²) in [5.41, 5.74) is 1.82. The number of non-ortho nitro benzene ring substituents is 1. The fourth-order valence-corrected chi connectivity index (χ4v) is 2.84. The molecule has 0 amide bonds. The lowest BCUT2D eigenvalue weighted by molar-refractivity contribution is -0.384. The number of hydrogen-bond acceptors (Lipinski definition) is 7. The molecular formula is C19H15N5O4. The minimum absolute atomic E-state index is 0.0184. The van der Waals surface area contributed by atoms with Crippen LogP contribution in [-0.4, -0.2) is 24.6 Å². The van der Waals surface area contributed by atoms with Gasteiger partial charge in [0.15, 0.2) is 0 Å². The van der Waals surface area contributed by atoms with Gasteiger partial charge in [-0.1, -0.05) is 36.3 Å². The molecule has 0 unspecified atom stereocenters. The molecule has 0 aliphatic rings. The molecule has 9 heteroatoms. The lowest BCUT2D eigenvalue weighted by Crippen LogP contribution is -2.21. The molecule has 0 saturated carbocycles. The molecule has 140 valence electrons. The Kier molecular flexibility index (Phi) is 4.40. The van der Waals surface area contributed by atoms with Crippen LogP contribution in [0.5, 0.6) is 0 Å². The summed E-state index contributed by atoms with van der Waals surface area (Å²) in [6.07, 6.45) is 2.30. The monoisotopic (exact) mass is 377 g/mol. The second kappa shape index (κ2) is 7.03. The van der Waals surface area contributed by atoms with Crippen LogP contribution < -0.4 is 5.56 Å². The Hall–Kier alpha value is -3.88. The number of aromatic nitrogens is 4.